The number of hydrogen-bond acceptors (Lipinski definition) is 9. The van der Waals surface area contributed by atoms with Gasteiger partial charge < -0.3 is 19.9 Å². The fraction of sp³-hybridized carbons (Fsp3) is 0.348. The number of nitrogens with zero attached hydrogens (tertiary/aromatic N) is 3. The SMILES string of the molecule is CCOC(=O)c1c(NC(=O)CSc2nnc(CNc3ccc(F)cc3)n2CC)sc(C(C)=O)c1C. The summed E-state index contributed by atoms with van der Waals surface area (Å²) in [6.45, 7) is 7.86. The third kappa shape index (κ3) is 6.45. The Morgan fingerprint density at radius 2 is 1.89 bits per heavy atom. The van der Waals surface area contributed by atoms with Crippen molar-refractivity contribution in [3.8, 4) is 0 Å². The topological polar surface area (TPSA) is 115 Å². The van der Waals surface area contributed by atoms with E-state index in [2.05, 4.69) is 20.8 Å². The summed E-state index contributed by atoms with van der Waals surface area (Å²) in [6, 6.07) is 6.01. The average Bonchev–Trinajstić information content (AvgIpc) is 3.37. The van der Waals surface area contributed by atoms with Crippen LogP contribution in [0.2, 0.25) is 0 Å². The molecule has 9 nitrogen and oxygen atoms in total. The summed E-state index contributed by atoms with van der Waals surface area (Å²) in [5, 5.41) is 15.1. The third-order valence-corrected chi connectivity index (χ3v) is 7.21. The highest BCUT2D eigenvalue weighted by molar-refractivity contribution is 7.99. The molecule has 2 aromatic heterocycles. The number of thiophene rings is 1. The van der Waals surface area contributed by atoms with Gasteiger partial charge in [-0.05, 0) is 57.5 Å². The Bertz CT molecular complexity index is 1220. The monoisotopic (exact) mass is 519 g/mol. The van der Waals surface area contributed by atoms with E-state index in [1.54, 1.807) is 26.0 Å². The molecule has 3 aromatic rings. The molecule has 0 atom stereocenters. The number of esters is 1. The molecule has 12 heteroatoms. The number of amides is 1. The number of Topliss-reactive ketones (excluding diaryl/α,β-unsaturated/α-hetero) is 1. The molecule has 0 aliphatic rings. The number of aromatic nitrogens is 3. The van der Waals surface area contributed by atoms with Crippen LogP contribution >= 0.6 is 23.1 Å². The molecule has 0 spiro atoms. The summed E-state index contributed by atoms with van der Waals surface area (Å²) < 4.78 is 20.1. The number of carbonyl (C=O) groups excluding carboxylic acids is 3. The van der Waals surface area contributed by atoms with Gasteiger partial charge in [-0.3, -0.25) is 9.59 Å². The predicted octanol–water partition coefficient (Wildman–Crippen LogP) is 4.53. The van der Waals surface area contributed by atoms with E-state index >= 15 is 0 Å². The fourth-order valence-electron chi connectivity index (χ4n) is 3.30. The van der Waals surface area contributed by atoms with E-state index in [-0.39, 0.29) is 40.4 Å². The lowest BCUT2D eigenvalue weighted by Crippen LogP contribution is -2.17. The molecule has 0 radical (unpaired) electrons. The Hall–Kier alpha value is -3.25. The molecule has 0 fully saturated rings. The minimum atomic E-state index is -0.583. The maximum absolute atomic E-state index is 13.1. The Kier molecular flexibility index (Phi) is 8.99. The van der Waals surface area contributed by atoms with Crippen molar-refractivity contribution in [2.24, 2.45) is 0 Å². The van der Waals surface area contributed by atoms with E-state index in [0.29, 0.717) is 34.5 Å². The largest absolute Gasteiger partial charge is 0.462 e. The number of anilines is 2. The van der Waals surface area contributed by atoms with Gasteiger partial charge in [-0.2, -0.15) is 0 Å². The van der Waals surface area contributed by atoms with Gasteiger partial charge in [0.1, 0.15) is 10.8 Å². The van der Waals surface area contributed by atoms with Gasteiger partial charge in [-0.1, -0.05) is 11.8 Å². The summed E-state index contributed by atoms with van der Waals surface area (Å²) >= 11 is 2.27. The first-order chi connectivity index (χ1) is 16.7. The maximum Gasteiger partial charge on any atom is 0.341 e. The van der Waals surface area contributed by atoms with Gasteiger partial charge in [-0.15, -0.1) is 21.5 Å². The standard InChI is InChI=1S/C23H26FN5O4S2/c1-5-29-17(11-25-16-9-7-15(24)8-10-16)27-28-23(29)34-12-18(31)26-21-19(22(32)33-6-2)13(3)20(35-21)14(4)30/h7-10,25H,5-6,11-12H2,1-4H3,(H,26,31). The van der Waals surface area contributed by atoms with Crippen molar-refractivity contribution < 1.29 is 23.5 Å². The van der Waals surface area contributed by atoms with Crippen LogP contribution in [0.4, 0.5) is 15.1 Å². The van der Waals surface area contributed by atoms with Crippen LogP contribution in [0.3, 0.4) is 0 Å². The average molecular weight is 520 g/mol. The van der Waals surface area contributed by atoms with Crippen LogP contribution in [-0.4, -0.2) is 44.8 Å². The molecule has 3 rings (SSSR count). The minimum absolute atomic E-state index is 0.0259. The minimum Gasteiger partial charge on any atom is -0.462 e. The first-order valence-corrected chi connectivity index (χ1v) is 12.7. The molecule has 0 bridgehead atoms. The molecule has 186 valence electrons. The fourth-order valence-corrected chi connectivity index (χ4v) is 5.23. The van der Waals surface area contributed by atoms with Crippen LogP contribution in [0.15, 0.2) is 29.4 Å². The molecule has 0 unspecified atom stereocenters. The molecule has 2 heterocycles. The van der Waals surface area contributed by atoms with Crippen molar-refractivity contribution in [3.05, 3.63) is 51.9 Å². The smallest absolute Gasteiger partial charge is 0.341 e. The summed E-state index contributed by atoms with van der Waals surface area (Å²) in [4.78, 5) is 37.5. The summed E-state index contributed by atoms with van der Waals surface area (Å²) in [6.07, 6.45) is 0. The predicted molar refractivity (Wildman–Crippen MR) is 134 cm³/mol. The zero-order chi connectivity index (χ0) is 25.5. The highest BCUT2D eigenvalue weighted by Crippen LogP contribution is 2.34. The van der Waals surface area contributed by atoms with E-state index in [0.717, 1.165) is 17.0 Å². The normalized spacial score (nSPS) is 10.8. The van der Waals surface area contributed by atoms with E-state index in [4.69, 9.17) is 4.74 Å². The number of ether oxygens (including phenoxy) is 1. The van der Waals surface area contributed by atoms with Crippen LogP contribution in [-0.2, 0) is 22.6 Å². The second-order valence-electron chi connectivity index (χ2n) is 7.38. The molecule has 0 aliphatic carbocycles. The van der Waals surface area contributed by atoms with Crippen molar-refractivity contribution in [3.63, 3.8) is 0 Å². The summed E-state index contributed by atoms with van der Waals surface area (Å²) in [5.74, 6) is -0.740. The Balaban J connectivity index is 1.67. The number of benzene rings is 1. The zero-order valence-electron chi connectivity index (χ0n) is 19.8. The van der Waals surface area contributed by atoms with Gasteiger partial charge >= 0.3 is 5.97 Å². The van der Waals surface area contributed by atoms with Crippen LogP contribution in [0.1, 0.15) is 52.2 Å². The lowest BCUT2D eigenvalue weighted by Gasteiger charge is -2.09. The lowest BCUT2D eigenvalue weighted by atomic mass is 10.1. The van der Waals surface area contributed by atoms with Gasteiger partial charge in [0, 0.05) is 12.2 Å². The van der Waals surface area contributed by atoms with Crippen molar-refractivity contribution in [2.75, 3.05) is 23.0 Å². The second kappa shape index (κ2) is 11.9. The number of thioether (sulfide) groups is 1. The second-order valence-corrected chi connectivity index (χ2v) is 9.34. The molecule has 1 aromatic carbocycles. The van der Waals surface area contributed by atoms with Gasteiger partial charge in [0.05, 0.1) is 29.3 Å². The van der Waals surface area contributed by atoms with Crippen LogP contribution in [0, 0.1) is 12.7 Å². The van der Waals surface area contributed by atoms with Crippen LogP contribution < -0.4 is 10.6 Å². The first kappa shape index (κ1) is 26.4. The molecule has 2 N–H and O–H groups in total. The number of ketones is 1. The quantitative estimate of drug-likeness (QED) is 0.216. The van der Waals surface area contributed by atoms with Crippen molar-refractivity contribution in [2.45, 2.75) is 45.9 Å². The molecule has 35 heavy (non-hydrogen) atoms. The Morgan fingerprint density at radius 1 is 1.17 bits per heavy atom. The molecule has 0 saturated heterocycles. The van der Waals surface area contributed by atoms with Crippen LogP contribution in [0.5, 0.6) is 0 Å². The number of hydrogen-bond donors (Lipinski definition) is 2. The van der Waals surface area contributed by atoms with E-state index < -0.39 is 5.97 Å². The van der Waals surface area contributed by atoms with Crippen LogP contribution in [0.25, 0.3) is 0 Å². The maximum atomic E-state index is 13.1. The highest BCUT2D eigenvalue weighted by atomic mass is 32.2. The highest BCUT2D eigenvalue weighted by Gasteiger charge is 2.25. The molecule has 0 saturated carbocycles. The van der Waals surface area contributed by atoms with Crippen molar-refractivity contribution >= 4 is 51.4 Å². The number of carbonyl (C=O) groups is 3. The lowest BCUT2D eigenvalue weighted by molar-refractivity contribution is -0.113. The number of nitrogens with one attached hydrogen (secondary N) is 2. The van der Waals surface area contributed by atoms with E-state index in [9.17, 15) is 18.8 Å². The number of halogens is 1. The van der Waals surface area contributed by atoms with Crippen molar-refractivity contribution in [1.29, 1.82) is 0 Å². The number of rotatable bonds is 11. The van der Waals surface area contributed by atoms with Gasteiger partial charge in [0.2, 0.25) is 5.91 Å². The van der Waals surface area contributed by atoms with E-state index in [1.807, 2.05) is 11.5 Å². The summed E-state index contributed by atoms with van der Waals surface area (Å²) in [7, 11) is 0. The molecule has 1 amide bonds. The molecular weight excluding hydrogens is 493 g/mol. The Labute approximate surface area is 210 Å². The molecular formula is C23H26FN5O4S2. The zero-order valence-corrected chi connectivity index (χ0v) is 21.4. The van der Waals surface area contributed by atoms with Crippen molar-refractivity contribution in [1.82, 2.24) is 14.8 Å². The van der Waals surface area contributed by atoms with E-state index in [1.165, 1.54) is 30.8 Å². The van der Waals surface area contributed by atoms with Gasteiger partial charge in [0.25, 0.3) is 0 Å². The molecule has 0 aliphatic heterocycles. The first-order valence-electron chi connectivity index (χ1n) is 10.9. The summed E-state index contributed by atoms with van der Waals surface area (Å²) in [5.41, 5.74) is 1.44. The van der Waals surface area contributed by atoms with Gasteiger partial charge in [0.15, 0.2) is 16.8 Å². The third-order valence-electron chi connectivity index (χ3n) is 4.94. The Morgan fingerprint density at radius 3 is 2.51 bits per heavy atom. The van der Waals surface area contributed by atoms with Gasteiger partial charge in [-0.25, -0.2) is 9.18 Å².